The van der Waals surface area contributed by atoms with Gasteiger partial charge in [-0.25, -0.2) is 9.97 Å². The Hall–Kier alpha value is -1.62. The summed E-state index contributed by atoms with van der Waals surface area (Å²) in [5.41, 5.74) is 6.56. The lowest BCUT2D eigenvalue weighted by Crippen LogP contribution is -2.00. The Morgan fingerprint density at radius 2 is 2.31 bits per heavy atom. The van der Waals surface area contributed by atoms with Gasteiger partial charge < -0.3 is 11.1 Å². The third-order valence-corrected chi connectivity index (χ3v) is 3.32. The molecule has 0 bridgehead atoms. The van der Waals surface area contributed by atoms with E-state index >= 15 is 0 Å². The van der Waals surface area contributed by atoms with E-state index in [4.69, 9.17) is 5.73 Å². The maximum absolute atomic E-state index is 5.59. The fourth-order valence-corrected chi connectivity index (χ4v) is 2.13. The molecule has 2 heterocycles. The summed E-state index contributed by atoms with van der Waals surface area (Å²) in [5.74, 6) is 0.526. The van der Waals surface area contributed by atoms with Gasteiger partial charge in [0.2, 0.25) is 0 Å². The third-order valence-electron chi connectivity index (χ3n) is 2.17. The fourth-order valence-electron chi connectivity index (χ4n) is 1.33. The van der Waals surface area contributed by atoms with Crippen LogP contribution in [0.4, 0.5) is 11.5 Å². The van der Waals surface area contributed by atoms with Crippen molar-refractivity contribution in [1.82, 2.24) is 9.97 Å². The molecule has 0 saturated heterocycles. The highest BCUT2D eigenvalue weighted by atomic mass is 32.1. The first-order valence-electron chi connectivity index (χ1n) is 5.17. The van der Waals surface area contributed by atoms with Crippen molar-refractivity contribution in [3.05, 3.63) is 34.4 Å². The van der Waals surface area contributed by atoms with E-state index in [9.17, 15) is 0 Å². The van der Waals surface area contributed by atoms with Crippen LogP contribution in [-0.2, 0) is 13.0 Å². The largest absolute Gasteiger partial charge is 0.384 e. The standard InChI is InChI=1S/C11H14N4S/c1-2-9-6-15-11(16-9)7-14-8-3-4-13-10(12)5-8/h3-6H,2,7H2,1H3,(H3,12,13,14). The van der Waals surface area contributed by atoms with Crippen LogP contribution < -0.4 is 11.1 Å². The molecule has 0 atom stereocenters. The summed E-state index contributed by atoms with van der Waals surface area (Å²) in [6.07, 6.45) is 4.67. The van der Waals surface area contributed by atoms with Gasteiger partial charge in [0, 0.05) is 29.0 Å². The quantitative estimate of drug-likeness (QED) is 0.852. The van der Waals surface area contributed by atoms with Crippen LogP contribution in [0.15, 0.2) is 24.5 Å². The highest BCUT2D eigenvalue weighted by Crippen LogP contribution is 2.16. The van der Waals surface area contributed by atoms with Gasteiger partial charge in [0.15, 0.2) is 0 Å². The van der Waals surface area contributed by atoms with Crippen LogP contribution in [0.3, 0.4) is 0 Å². The summed E-state index contributed by atoms with van der Waals surface area (Å²) in [7, 11) is 0. The second kappa shape index (κ2) is 4.94. The number of nitrogens with zero attached hydrogens (tertiary/aromatic N) is 2. The molecule has 5 heteroatoms. The molecule has 2 aromatic heterocycles. The van der Waals surface area contributed by atoms with Crippen LogP contribution >= 0.6 is 11.3 Å². The monoisotopic (exact) mass is 234 g/mol. The lowest BCUT2D eigenvalue weighted by atomic mass is 10.4. The van der Waals surface area contributed by atoms with Gasteiger partial charge in [0.25, 0.3) is 0 Å². The number of rotatable bonds is 4. The maximum atomic E-state index is 5.59. The Kier molecular flexibility index (Phi) is 3.36. The molecule has 0 fully saturated rings. The topological polar surface area (TPSA) is 63.8 Å². The second-order valence-corrected chi connectivity index (χ2v) is 4.60. The summed E-state index contributed by atoms with van der Waals surface area (Å²) in [4.78, 5) is 9.58. The van der Waals surface area contributed by atoms with E-state index in [1.165, 1.54) is 4.88 Å². The smallest absolute Gasteiger partial charge is 0.125 e. The van der Waals surface area contributed by atoms with Crippen LogP contribution in [-0.4, -0.2) is 9.97 Å². The maximum Gasteiger partial charge on any atom is 0.125 e. The summed E-state index contributed by atoms with van der Waals surface area (Å²) in [6, 6.07) is 3.71. The normalized spacial score (nSPS) is 10.3. The Labute approximate surface area is 98.6 Å². The Bertz CT molecular complexity index is 467. The van der Waals surface area contributed by atoms with Crippen molar-refractivity contribution in [3.63, 3.8) is 0 Å². The van der Waals surface area contributed by atoms with Crippen molar-refractivity contribution in [1.29, 1.82) is 0 Å². The summed E-state index contributed by atoms with van der Waals surface area (Å²) in [6.45, 7) is 2.86. The molecule has 0 aromatic carbocycles. The molecule has 0 aliphatic carbocycles. The first-order chi connectivity index (χ1) is 7.78. The average Bonchev–Trinajstić information content (AvgIpc) is 2.74. The molecule has 16 heavy (non-hydrogen) atoms. The van der Waals surface area contributed by atoms with E-state index in [0.29, 0.717) is 5.82 Å². The predicted molar refractivity (Wildman–Crippen MR) is 67.5 cm³/mol. The van der Waals surface area contributed by atoms with E-state index < -0.39 is 0 Å². The van der Waals surface area contributed by atoms with Crippen molar-refractivity contribution in [2.75, 3.05) is 11.1 Å². The molecule has 0 aliphatic heterocycles. The highest BCUT2D eigenvalue weighted by molar-refractivity contribution is 7.11. The SMILES string of the molecule is CCc1cnc(CNc2ccnc(N)c2)s1. The summed E-state index contributed by atoms with van der Waals surface area (Å²) in [5, 5.41) is 4.36. The van der Waals surface area contributed by atoms with E-state index in [1.54, 1.807) is 17.5 Å². The van der Waals surface area contributed by atoms with Gasteiger partial charge >= 0.3 is 0 Å². The molecule has 2 aromatic rings. The number of pyridine rings is 1. The molecule has 0 saturated carbocycles. The zero-order chi connectivity index (χ0) is 11.4. The first kappa shape index (κ1) is 10.9. The van der Waals surface area contributed by atoms with E-state index in [0.717, 1.165) is 23.7 Å². The van der Waals surface area contributed by atoms with Crippen LogP contribution in [0.2, 0.25) is 0 Å². The van der Waals surface area contributed by atoms with Crippen molar-refractivity contribution < 1.29 is 0 Å². The van der Waals surface area contributed by atoms with Crippen molar-refractivity contribution in [3.8, 4) is 0 Å². The number of hydrogen-bond donors (Lipinski definition) is 2. The minimum atomic E-state index is 0.526. The minimum absolute atomic E-state index is 0.526. The van der Waals surface area contributed by atoms with Crippen molar-refractivity contribution in [2.24, 2.45) is 0 Å². The lowest BCUT2D eigenvalue weighted by Gasteiger charge is -2.03. The van der Waals surface area contributed by atoms with Gasteiger partial charge in [0.1, 0.15) is 10.8 Å². The molecular formula is C11H14N4S. The zero-order valence-electron chi connectivity index (χ0n) is 9.10. The van der Waals surface area contributed by atoms with Gasteiger partial charge in [-0.2, -0.15) is 0 Å². The Morgan fingerprint density at radius 3 is 3.00 bits per heavy atom. The van der Waals surface area contributed by atoms with Crippen molar-refractivity contribution >= 4 is 22.8 Å². The Morgan fingerprint density at radius 1 is 1.44 bits per heavy atom. The molecule has 0 amide bonds. The van der Waals surface area contributed by atoms with Crippen LogP contribution in [0.5, 0.6) is 0 Å². The van der Waals surface area contributed by atoms with Crippen LogP contribution in [0.1, 0.15) is 16.8 Å². The average molecular weight is 234 g/mol. The van der Waals surface area contributed by atoms with E-state index in [1.807, 2.05) is 18.3 Å². The predicted octanol–water partition coefficient (Wildman–Crippen LogP) is 2.29. The number of anilines is 2. The minimum Gasteiger partial charge on any atom is -0.384 e. The number of aryl methyl sites for hydroxylation is 1. The number of aromatic nitrogens is 2. The first-order valence-corrected chi connectivity index (χ1v) is 5.98. The molecular weight excluding hydrogens is 220 g/mol. The van der Waals surface area contributed by atoms with Gasteiger partial charge in [0.05, 0.1) is 6.54 Å². The van der Waals surface area contributed by atoms with Gasteiger partial charge in [-0.1, -0.05) is 6.92 Å². The van der Waals surface area contributed by atoms with E-state index in [-0.39, 0.29) is 0 Å². The molecule has 4 nitrogen and oxygen atoms in total. The molecule has 3 N–H and O–H groups in total. The summed E-state index contributed by atoms with van der Waals surface area (Å²) < 4.78 is 0. The molecule has 0 aliphatic rings. The van der Waals surface area contributed by atoms with E-state index in [2.05, 4.69) is 22.2 Å². The second-order valence-electron chi connectivity index (χ2n) is 3.40. The molecule has 84 valence electrons. The Balaban J connectivity index is 1.96. The van der Waals surface area contributed by atoms with Crippen LogP contribution in [0, 0.1) is 0 Å². The molecule has 0 unspecified atom stereocenters. The molecule has 2 rings (SSSR count). The number of nitrogen functional groups attached to an aromatic ring is 1. The number of nitrogens with two attached hydrogens (primary N) is 1. The number of thiazole rings is 1. The number of hydrogen-bond acceptors (Lipinski definition) is 5. The number of nitrogens with one attached hydrogen (secondary N) is 1. The lowest BCUT2D eigenvalue weighted by molar-refractivity contribution is 1.09. The zero-order valence-corrected chi connectivity index (χ0v) is 9.92. The third kappa shape index (κ3) is 2.70. The van der Waals surface area contributed by atoms with Gasteiger partial charge in [-0.3, -0.25) is 0 Å². The summed E-state index contributed by atoms with van der Waals surface area (Å²) >= 11 is 1.74. The molecule has 0 radical (unpaired) electrons. The molecule has 0 spiro atoms. The van der Waals surface area contributed by atoms with Crippen LogP contribution in [0.25, 0.3) is 0 Å². The van der Waals surface area contributed by atoms with Gasteiger partial charge in [-0.15, -0.1) is 11.3 Å². The fraction of sp³-hybridized carbons (Fsp3) is 0.273. The van der Waals surface area contributed by atoms with Crippen molar-refractivity contribution in [2.45, 2.75) is 19.9 Å². The van der Waals surface area contributed by atoms with Gasteiger partial charge in [-0.05, 0) is 12.5 Å². The highest BCUT2D eigenvalue weighted by Gasteiger charge is 2.00.